The van der Waals surface area contributed by atoms with Gasteiger partial charge in [0, 0.05) is 12.7 Å². The van der Waals surface area contributed by atoms with Gasteiger partial charge in [-0.2, -0.15) is 0 Å². The third-order valence-electron chi connectivity index (χ3n) is 2.40. The molecule has 0 aliphatic carbocycles. The molecule has 0 aliphatic heterocycles. The van der Waals surface area contributed by atoms with Gasteiger partial charge in [-0.3, -0.25) is 9.78 Å². The molecule has 0 bridgehead atoms. The SMILES string of the molecule is CCOC(=O)CCNC(=O)N[C@@H](C)c1ccccn1. The van der Waals surface area contributed by atoms with Gasteiger partial charge >= 0.3 is 12.0 Å². The second kappa shape index (κ2) is 8.07. The molecule has 6 nitrogen and oxygen atoms in total. The average Bonchev–Trinajstić information content (AvgIpc) is 2.40. The minimum atomic E-state index is -0.331. The quantitative estimate of drug-likeness (QED) is 0.762. The maximum atomic E-state index is 11.6. The second-order valence-corrected chi connectivity index (χ2v) is 3.93. The Labute approximate surface area is 112 Å². The van der Waals surface area contributed by atoms with E-state index in [9.17, 15) is 9.59 Å². The highest BCUT2D eigenvalue weighted by Gasteiger charge is 2.10. The molecule has 0 spiro atoms. The van der Waals surface area contributed by atoms with Crippen molar-refractivity contribution in [2.75, 3.05) is 13.2 Å². The third kappa shape index (κ3) is 5.85. The van der Waals surface area contributed by atoms with E-state index in [0.29, 0.717) is 6.61 Å². The highest BCUT2D eigenvalue weighted by molar-refractivity contribution is 5.75. The van der Waals surface area contributed by atoms with Crippen LogP contribution in [-0.2, 0) is 9.53 Å². The summed E-state index contributed by atoms with van der Waals surface area (Å²) in [4.78, 5) is 26.8. The number of carbonyl (C=O) groups is 2. The second-order valence-electron chi connectivity index (χ2n) is 3.93. The van der Waals surface area contributed by atoms with Crippen molar-refractivity contribution < 1.29 is 14.3 Å². The summed E-state index contributed by atoms with van der Waals surface area (Å²) in [5.74, 6) is -0.319. The van der Waals surface area contributed by atoms with E-state index in [1.165, 1.54) is 0 Å². The van der Waals surface area contributed by atoms with Crippen LogP contribution in [0.4, 0.5) is 4.79 Å². The molecule has 0 radical (unpaired) electrons. The Kier molecular flexibility index (Phi) is 6.35. The molecular formula is C13H19N3O3. The Balaban J connectivity index is 2.26. The van der Waals surface area contributed by atoms with Gasteiger partial charge in [0.15, 0.2) is 0 Å². The Morgan fingerprint density at radius 3 is 2.84 bits per heavy atom. The molecule has 0 aliphatic rings. The summed E-state index contributed by atoms with van der Waals surface area (Å²) in [7, 11) is 0. The number of hydrogen-bond donors (Lipinski definition) is 2. The number of ether oxygens (including phenoxy) is 1. The molecule has 1 rings (SSSR count). The first-order valence-electron chi connectivity index (χ1n) is 6.24. The van der Waals surface area contributed by atoms with Crippen LogP contribution in [0.15, 0.2) is 24.4 Å². The zero-order chi connectivity index (χ0) is 14.1. The van der Waals surface area contributed by atoms with Crippen molar-refractivity contribution in [1.29, 1.82) is 0 Å². The Morgan fingerprint density at radius 2 is 2.21 bits per heavy atom. The number of aromatic nitrogens is 1. The fraction of sp³-hybridized carbons (Fsp3) is 0.462. The zero-order valence-corrected chi connectivity index (χ0v) is 11.2. The summed E-state index contributed by atoms with van der Waals surface area (Å²) >= 11 is 0. The molecule has 1 aromatic heterocycles. The Bertz CT molecular complexity index is 409. The van der Waals surface area contributed by atoms with Crippen LogP contribution in [0.2, 0.25) is 0 Å². The normalized spacial score (nSPS) is 11.5. The van der Waals surface area contributed by atoms with Gasteiger partial charge in [0.1, 0.15) is 0 Å². The van der Waals surface area contributed by atoms with Crippen LogP contribution in [0.3, 0.4) is 0 Å². The van der Waals surface area contributed by atoms with Gasteiger partial charge in [-0.15, -0.1) is 0 Å². The summed E-state index contributed by atoms with van der Waals surface area (Å²) in [6.45, 7) is 4.18. The van der Waals surface area contributed by atoms with Crippen LogP contribution in [-0.4, -0.2) is 30.1 Å². The fourth-order valence-electron chi connectivity index (χ4n) is 1.46. The zero-order valence-electron chi connectivity index (χ0n) is 11.2. The molecule has 6 heteroatoms. The first kappa shape index (κ1) is 14.9. The number of amides is 2. The van der Waals surface area contributed by atoms with Gasteiger partial charge < -0.3 is 15.4 Å². The van der Waals surface area contributed by atoms with Gasteiger partial charge in [-0.05, 0) is 26.0 Å². The number of nitrogens with zero attached hydrogens (tertiary/aromatic N) is 1. The highest BCUT2D eigenvalue weighted by Crippen LogP contribution is 2.06. The molecule has 104 valence electrons. The molecule has 0 fully saturated rings. The van der Waals surface area contributed by atoms with Crippen LogP contribution in [0.1, 0.15) is 32.0 Å². The standard InChI is InChI=1S/C13H19N3O3/c1-3-19-12(17)7-9-15-13(18)16-10(2)11-6-4-5-8-14-11/h4-6,8,10H,3,7,9H2,1-2H3,(H2,15,16,18)/t10-/m0/s1. The molecule has 0 saturated carbocycles. The number of hydrogen-bond acceptors (Lipinski definition) is 4. The topological polar surface area (TPSA) is 80.3 Å². The maximum absolute atomic E-state index is 11.6. The molecule has 0 saturated heterocycles. The first-order chi connectivity index (χ1) is 9.13. The molecule has 2 N–H and O–H groups in total. The van der Waals surface area contributed by atoms with Crippen molar-refractivity contribution >= 4 is 12.0 Å². The monoisotopic (exact) mass is 265 g/mol. The summed E-state index contributed by atoms with van der Waals surface area (Å²) in [6.07, 6.45) is 1.84. The Morgan fingerprint density at radius 1 is 1.42 bits per heavy atom. The summed E-state index contributed by atoms with van der Waals surface area (Å²) in [5.41, 5.74) is 0.781. The number of carbonyl (C=O) groups excluding carboxylic acids is 2. The Hall–Kier alpha value is -2.11. The molecule has 1 aromatic rings. The van der Waals surface area contributed by atoms with Gasteiger partial charge in [0.2, 0.25) is 0 Å². The van der Waals surface area contributed by atoms with Gasteiger partial charge in [-0.1, -0.05) is 6.07 Å². The number of rotatable bonds is 6. The van der Waals surface area contributed by atoms with Crippen LogP contribution in [0, 0.1) is 0 Å². The van der Waals surface area contributed by atoms with Crippen molar-refractivity contribution in [2.24, 2.45) is 0 Å². The van der Waals surface area contributed by atoms with E-state index >= 15 is 0 Å². The van der Waals surface area contributed by atoms with Crippen molar-refractivity contribution in [1.82, 2.24) is 15.6 Å². The third-order valence-corrected chi connectivity index (χ3v) is 2.40. The minimum absolute atomic E-state index is 0.166. The van der Waals surface area contributed by atoms with Gasteiger partial charge in [-0.25, -0.2) is 4.79 Å². The molecule has 2 amide bonds. The molecular weight excluding hydrogens is 246 g/mol. The van der Waals surface area contributed by atoms with Gasteiger partial charge in [0.25, 0.3) is 0 Å². The number of nitrogens with one attached hydrogen (secondary N) is 2. The van der Waals surface area contributed by atoms with Crippen molar-refractivity contribution in [3.05, 3.63) is 30.1 Å². The lowest BCUT2D eigenvalue weighted by Gasteiger charge is -2.13. The van der Waals surface area contributed by atoms with E-state index in [4.69, 9.17) is 4.74 Å². The van der Waals surface area contributed by atoms with Gasteiger partial charge in [0.05, 0.1) is 24.8 Å². The predicted molar refractivity (Wildman–Crippen MR) is 70.4 cm³/mol. The van der Waals surface area contributed by atoms with E-state index < -0.39 is 0 Å². The average molecular weight is 265 g/mol. The lowest BCUT2D eigenvalue weighted by Crippen LogP contribution is -2.38. The molecule has 19 heavy (non-hydrogen) atoms. The lowest BCUT2D eigenvalue weighted by atomic mass is 10.2. The molecule has 0 unspecified atom stereocenters. The predicted octanol–water partition coefficient (Wildman–Crippen LogP) is 1.39. The van der Waals surface area contributed by atoms with E-state index in [0.717, 1.165) is 5.69 Å². The van der Waals surface area contributed by atoms with Crippen LogP contribution in [0.5, 0.6) is 0 Å². The van der Waals surface area contributed by atoms with Crippen molar-refractivity contribution in [3.8, 4) is 0 Å². The summed E-state index contributed by atoms with van der Waals surface area (Å²) in [5, 5.41) is 5.33. The highest BCUT2D eigenvalue weighted by atomic mass is 16.5. The molecule has 1 atom stereocenters. The molecule has 1 heterocycles. The van der Waals surface area contributed by atoms with Crippen LogP contribution >= 0.6 is 0 Å². The van der Waals surface area contributed by atoms with Crippen LogP contribution in [0.25, 0.3) is 0 Å². The number of pyridine rings is 1. The van der Waals surface area contributed by atoms with Crippen molar-refractivity contribution in [3.63, 3.8) is 0 Å². The van der Waals surface area contributed by atoms with E-state index in [1.807, 2.05) is 25.1 Å². The summed E-state index contributed by atoms with van der Waals surface area (Å²) < 4.78 is 4.75. The summed E-state index contributed by atoms with van der Waals surface area (Å²) in [6, 6.07) is 4.99. The van der Waals surface area contributed by atoms with Crippen LogP contribution < -0.4 is 10.6 Å². The largest absolute Gasteiger partial charge is 0.466 e. The smallest absolute Gasteiger partial charge is 0.315 e. The number of urea groups is 1. The van der Waals surface area contributed by atoms with E-state index in [2.05, 4.69) is 15.6 Å². The van der Waals surface area contributed by atoms with Crippen molar-refractivity contribution in [2.45, 2.75) is 26.3 Å². The fourth-order valence-corrected chi connectivity index (χ4v) is 1.46. The lowest BCUT2D eigenvalue weighted by molar-refractivity contribution is -0.142. The van der Waals surface area contributed by atoms with E-state index in [-0.39, 0.29) is 31.0 Å². The maximum Gasteiger partial charge on any atom is 0.315 e. The molecule has 0 aromatic carbocycles. The first-order valence-corrected chi connectivity index (χ1v) is 6.24. The van der Waals surface area contributed by atoms with E-state index in [1.54, 1.807) is 13.1 Å². The number of esters is 1. The minimum Gasteiger partial charge on any atom is -0.466 e.